The first-order valence-electron chi connectivity index (χ1n) is 12.3. The standard InChI is InChI=1S/C24H25ClF3N9/c25-17-1-2-19-16(5-17)7-34(18-8-33(9-18)15-24(26,27)28)10-21-31-32-22(37(19)21)36-13-23(14-36)11-35(12-23)20-6-29-3-4-30-20/h1-6,18H,7-15H2. The summed E-state index contributed by atoms with van der Waals surface area (Å²) in [6, 6.07) is 5.82. The first-order valence-corrected chi connectivity index (χ1v) is 12.7. The first-order chi connectivity index (χ1) is 17.8. The number of benzene rings is 1. The molecule has 13 heteroatoms. The van der Waals surface area contributed by atoms with Crippen LogP contribution in [0, 0.1) is 5.41 Å². The van der Waals surface area contributed by atoms with Crippen molar-refractivity contribution in [2.24, 2.45) is 5.41 Å². The summed E-state index contributed by atoms with van der Waals surface area (Å²) in [5.74, 6) is 2.50. The summed E-state index contributed by atoms with van der Waals surface area (Å²) in [6.45, 7) is 4.63. The van der Waals surface area contributed by atoms with Gasteiger partial charge in [-0.25, -0.2) is 4.98 Å². The summed E-state index contributed by atoms with van der Waals surface area (Å²) in [5.41, 5.74) is 2.20. The zero-order valence-electron chi connectivity index (χ0n) is 19.9. The van der Waals surface area contributed by atoms with Crippen LogP contribution in [0.4, 0.5) is 24.9 Å². The largest absolute Gasteiger partial charge is 0.401 e. The van der Waals surface area contributed by atoms with Gasteiger partial charge in [0, 0.05) is 74.7 Å². The lowest BCUT2D eigenvalue weighted by Crippen LogP contribution is -2.73. The van der Waals surface area contributed by atoms with Gasteiger partial charge in [0.1, 0.15) is 5.82 Å². The predicted molar refractivity (Wildman–Crippen MR) is 131 cm³/mol. The summed E-state index contributed by atoms with van der Waals surface area (Å²) >= 11 is 6.35. The molecule has 3 aromatic rings. The molecule has 0 saturated carbocycles. The maximum Gasteiger partial charge on any atom is 0.401 e. The molecule has 9 nitrogen and oxygen atoms in total. The number of fused-ring (bicyclic) bond motifs is 3. The van der Waals surface area contributed by atoms with Crippen LogP contribution in [0.15, 0.2) is 36.8 Å². The van der Waals surface area contributed by atoms with Crippen LogP contribution in [-0.2, 0) is 13.1 Å². The number of hydrogen-bond donors (Lipinski definition) is 0. The maximum absolute atomic E-state index is 12.8. The van der Waals surface area contributed by atoms with E-state index in [1.807, 2.05) is 18.2 Å². The molecule has 1 spiro atoms. The second-order valence-corrected chi connectivity index (χ2v) is 11.1. The number of anilines is 2. The lowest BCUT2D eigenvalue weighted by molar-refractivity contribution is -0.161. The molecular weight excluding hydrogens is 507 g/mol. The molecule has 2 aromatic heterocycles. The predicted octanol–water partition coefficient (Wildman–Crippen LogP) is 2.60. The highest BCUT2D eigenvalue weighted by atomic mass is 35.5. The van der Waals surface area contributed by atoms with E-state index in [4.69, 9.17) is 11.6 Å². The minimum atomic E-state index is -4.18. The molecule has 4 aliphatic heterocycles. The lowest BCUT2D eigenvalue weighted by Gasteiger charge is -2.60. The maximum atomic E-state index is 12.8. The van der Waals surface area contributed by atoms with Gasteiger partial charge >= 0.3 is 6.18 Å². The van der Waals surface area contributed by atoms with E-state index in [0.29, 0.717) is 31.2 Å². The molecule has 0 bridgehead atoms. The molecule has 1 aromatic carbocycles. The first kappa shape index (κ1) is 23.2. The van der Waals surface area contributed by atoms with E-state index in [9.17, 15) is 13.2 Å². The zero-order valence-corrected chi connectivity index (χ0v) is 20.7. The number of hydrogen-bond acceptors (Lipinski definition) is 8. The van der Waals surface area contributed by atoms with Crippen LogP contribution >= 0.6 is 11.6 Å². The Kier molecular flexibility index (Phi) is 5.18. The molecule has 0 aliphatic carbocycles. The van der Waals surface area contributed by atoms with E-state index in [-0.39, 0.29) is 11.5 Å². The summed E-state index contributed by atoms with van der Waals surface area (Å²) < 4.78 is 40.5. The van der Waals surface area contributed by atoms with Crippen LogP contribution < -0.4 is 9.80 Å². The van der Waals surface area contributed by atoms with E-state index in [2.05, 4.69) is 39.4 Å². The van der Waals surface area contributed by atoms with E-state index >= 15 is 0 Å². The summed E-state index contributed by atoms with van der Waals surface area (Å²) in [4.78, 5) is 16.7. The molecule has 0 radical (unpaired) electrons. The third kappa shape index (κ3) is 4.11. The molecule has 6 heterocycles. The molecule has 0 unspecified atom stereocenters. The van der Waals surface area contributed by atoms with E-state index < -0.39 is 12.7 Å². The van der Waals surface area contributed by atoms with Gasteiger partial charge in [-0.2, -0.15) is 13.2 Å². The van der Waals surface area contributed by atoms with Crippen molar-refractivity contribution in [3.63, 3.8) is 0 Å². The average Bonchev–Trinajstić information content (AvgIpc) is 3.09. The number of likely N-dealkylation sites (tertiary alicyclic amines) is 1. The smallest absolute Gasteiger partial charge is 0.354 e. The van der Waals surface area contributed by atoms with Crippen molar-refractivity contribution in [1.29, 1.82) is 0 Å². The van der Waals surface area contributed by atoms with Crippen LogP contribution in [0.2, 0.25) is 5.02 Å². The van der Waals surface area contributed by atoms with E-state index in [1.54, 1.807) is 18.6 Å². The zero-order chi connectivity index (χ0) is 25.4. The number of nitrogens with zero attached hydrogens (tertiary/aromatic N) is 9. The topological polar surface area (TPSA) is 69.5 Å². The molecule has 194 valence electrons. The fraction of sp³-hybridized carbons (Fsp3) is 0.500. The Morgan fingerprint density at radius 3 is 2.51 bits per heavy atom. The van der Waals surface area contributed by atoms with Crippen LogP contribution in [-0.4, -0.2) is 92.6 Å². The number of aromatic nitrogens is 5. The molecule has 3 saturated heterocycles. The number of rotatable bonds is 4. The van der Waals surface area contributed by atoms with Crippen molar-refractivity contribution in [2.45, 2.75) is 25.3 Å². The molecule has 37 heavy (non-hydrogen) atoms. The Labute approximate surface area is 216 Å². The van der Waals surface area contributed by atoms with Gasteiger partial charge in [-0.3, -0.25) is 19.4 Å². The highest BCUT2D eigenvalue weighted by molar-refractivity contribution is 6.30. The molecule has 0 N–H and O–H groups in total. The number of alkyl halides is 3. The quantitative estimate of drug-likeness (QED) is 0.509. The van der Waals surface area contributed by atoms with Crippen LogP contribution in [0.5, 0.6) is 0 Å². The average molecular weight is 532 g/mol. The Morgan fingerprint density at radius 2 is 1.78 bits per heavy atom. The summed E-state index contributed by atoms with van der Waals surface area (Å²) in [6.07, 6.45) is 1.000. The van der Waals surface area contributed by atoms with Gasteiger partial charge in [0.05, 0.1) is 25.0 Å². The van der Waals surface area contributed by atoms with Gasteiger partial charge in [-0.05, 0) is 23.8 Å². The molecule has 7 rings (SSSR count). The van der Waals surface area contributed by atoms with Gasteiger partial charge in [0.15, 0.2) is 5.82 Å². The van der Waals surface area contributed by atoms with Crippen LogP contribution in [0.25, 0.3) is 5.69 Å². The third-order valence-corrected chi connectivity index (χ3v) is 8.07. The van der Waals surface area contributed by atoms with Crippen molar-refractivity contribution in [2.75, 3.05) is 55.6 Å². The van der Waals surface area contributed by atoms with E-state index in [1.165, 1.54) is 4.90 Å². The SMILES string of the molecule is FC(F)(F)CN1CC(N2Cc3cc(Cl)ccc3-n3c(nnc3N3CC4(CN(c5cnccn5)C4)C3)C2)C1. The molecule has 0 atom stereocenters. The Bertz CT molecular complexity index is 1310. The van der Waals surface area contributed by atoms with Crippen molar-refractivity contribution in [3.8, 4) is 5.69 Å². The normalized spacial score (nSPS) is 21.6. The highest BCUT2D eigenvalue weighted by Gasteiger charge is 2.53. The number of halogens is 4. The van der Waals surface area contributed by atoms with Gasteiger partial charge < -0.3 is 9.80 Å². The van der Waals surface area contributed by atoms with Crippen molar-refractivity contribution < 1.29 is 13.2 Å². The monoisotopic (exact) mass is 531 g/mol. The van der Waals surface area contributed by atoms with Crippen molar-refractivity contribution >= 4 is 23.4 Å². The molecule has 3 fully saturated rings. The van der Waals surface area contributed by atoms with Gasteiger partial charge in [0.25, 0.3) is 0 Å². The Morgan fingerprint density at radius 1 is 1.00 bits per heavy atom. The van der Waals surface area contributed by atoms with Crippen LogP contribution in [0.1, 0.15) is 11.4 Å². The Hall–Kier alpha value is -2.96. The second kappa shape index (κ2) is 8.27. The minimum absolute atomic E-state index is 0.0233. The lowest BCUT2D eigenvalue weighted by atomic mass is 9.73. The van der Waals surface area contributed by atoms with Crippen molar-refractivity contribution in [1.82, 2.24) is 34.5 Å². The van der Waals surface area contributed by atoms with Gasteiger partial charge in [-0.15, -0.1) is 10.2 Å². The minimum Gasteiger partial charge on any atom is -0.354 e. The van der Waals surface area contributed by atoms with Gasteiger partial charge in [-0.1, -0.05) is 11.6 Å². The van der Waals surface area contributed by atoms with Gasteiger partial charge in [0.2, 0.25) is 5.95 Å². The van der Waals surface area contributed by atoms with Crippen LogP contribution in [0.3, 0.4) is 0 Å². The summed E-state index contributed by atoms with van der Waals surface area (Å²) in [5, 5.41) is 9.74. The Balaban J connectivity index is 1.10. The fourth-order valence-electron chi connectivity index (χ4n) is 6.12. The molecule has 0 amide bonds. The molecular formula is C24H25ClF3N9. The third-order valence-electron chi connectivity index (χ3n) is 7.83. The fourth-order valence-corrected chi connectivity index (χ4v) is 6.31. The second-order valence-electron chi connectivity index (χ2n) is 10.7. The van der Waals surface area contributed by atoms with E-state index in [0.717, 1.165) is 55.0 Å². The summed E-state index contributed by atoms with van der Waals surface area (Å²) in [7, 11) is 0. The van der Waals surface area contributed by atoms with Crippen molar-refractivity contribution in [3.05, 3.63) is 53.2 Å². The molecule has 4 aliphatic rings. The highest BCUT2D eigenvalue weighted by Crippen LogP contribution is 2.44.